The summed E-state index contributed by atoms with van der Waals surface area (Å²) >= 11 is 39.5. The highest BCUT2D eigenvalue weighted by Crippen LogP contribution is 2.34. The average molecular weight is 2060 g/mol. The van der Waals surface area contributed by atoms with E-state index >= 15 is 0 Å². The Morgan fingerprint density at radius 3 is 0.906 bits per heavy atom. The minimum Gasteiger partial charge on any atom is -0.370 e. The second kappa shape index (κ2) is 49.3. The summed E-state index contributed by atoms with van der Waals surface area (Å²) in [6.07, 6.45) is 5.39. The summed E-state index contributed by atoms with van der Waals surface area (Å²) in [6, 6.07) is 51.7. The van der Waals surface area contributed by atoms with Crippen LogP contribution in [0.25, 0.3) is 0 Å². The zero-order valence-corrected chi connectivity index (χ0v) is 80.5. The van der Waals surface area contributed by atoms with Gasteiger partial charge in [-0.1, -0.05) is 141 Å². The number of likely N-dealkylation sites (N-methyl/N-ethyl adjacent to an activating group) is 1. The molecular weight excluding hydrogens is 1980 g/mol. The van der Waals surface area contributed by atoms with Crippen molar-refractivity contribution >= 4 is 225 Å². The molecule has 15 rings (SSSR count). The number of halogens is 7. The maximum Gasteiger partial charge on any atom is 0.336 e. The average Bonchev–Trinajstić information content (AvgIpc) is 1.63. The molecule has 1 unspecified atom stereocenters. The molecule has 8 aromatic carbocycles. The van der Waals surface area contributed by atoms with E-state index in [0.29, 0.717) is 80.0 Å². The zero-order chi connectivity index (χ0) is 102. The summed E-state index contributed by atoms with van der Waals surface area (Å²) in [7, 11) is 2.90. The Morgan fingerprint density at radius 1 is 0.374 bits per heavy atom. The highest BCUT2D eigenvalue weighted by Gasteiger charge is 2.48. The molecule has 0 fully saturated rings. The second-order valence-corrected chi connectivity index (χ2v) is 32.8. The summed E-state index contributed by atoms with van der Waals surface area (Å²) in [5, 5.41) is 9.44. The first-order chi connectivity index (χ1) is 66.2. The van der Waals surface area contributed by atoms with Gasteiger partial charge in [0.2, 0.25) is 5.91 Å². The van der Waals surface area contributed by atoms with Crippen molar-refractivity contribution < 1.29 is 105 Å². The van der Waals surface area contributed by atoms with Gasteiger partial charge in [0, 0.05) is 39.5 Å². The van der Waals surface area contributed by atoms with E-state index in [9.17, 15) is 105 Å². The monoisotopic (exact) mass is 2060 g/mol. The van der Waals surface area contributed by atoms with E-state index < -0.39 is 133 Å². The standard InChI is InChI=1S/C17H13ClN2O3.C14H16ClN5O3.C14H15ClN2O3.C13H13ClN2O3.C12H10ClN3O4.C12H11ClN2O3S.C9H5ClN2O3/c1-11-6-8-12(9-7-11)10-19(17(18)23)20-15(21)13-4-2-3-5-14(13)16(20)22;1-17-14(16)18-7-4-8-19(13(15)23)20-11(21)9-5-2-3-6-10(9)12(20)22;1-2-3-6-9-16(14(15)20)17-12(18)10-7-4-5-8-11(10)13(17)19;1-3-8(2)15(13(14)19)16-11(17)9-6-4-5-7-10(9)12(16)18;1-14-9(17)6-15(12(13)20)16-10(18)7-4-2-3-5-8(7)11(16)19;1-19-7-6-14(12(13)18)15-10(16)8-4-2-3-5-9(8)11(15)17;10-9(15)11-12-7(13)5-3-1-2-4-6(5)8(12)14/h2-9H,10H2,1H3;2-3,5-6H,4,7-8H2,1H3,(H3,16,17,18);4-5,7-8H,2-3,6,9H2,1H3;4-8H,3H2,1-2H3;2-5H,6H2,1H3,(H,14,17);2-5H,6-7H2,1H3;1-4H,(H,11,15). The van der Waals surface area contributed by atoms with E-state index in [0.717, 1.165) is 74.1 Å². The second-order valence-electron chi connectivity index (χ2n) is 29.5. The number of rotatable bonds is 24. The number of hydrogen-bond donors (Lipinski definition) is 4. The van der Waals surface area contributed by atoms with Crippen LogP contribution >= 0.6 is 93.0 Å². The maximum absolute atomic E-state index is 12.4. The molecule has 48 heteroatoms. The predicted molar refractivity (Wildman–Crippen MR) is 508 cm³/mol. The number of imide groups is 7. The number of aliphatic imine (C=N–C) groups is 1. The summed E-state index contributed by atoms with van der Waals surface area (Å²) in [4.78, 5) is 265. The van der Waals surface area contributed by atoms with Crippen LogP contribution in [0.3, 0.4) is 0 Å². The van der Waals surface area contributed by atoms with Gasteiger partial charge >= 0.3 is 37.6 Å². The minimum atomic E-state index is -1.09. The van der Waals surface area contributed by atoms with Crippen molar-refractivity contribution in [3.63, 3.8) is 0 Å². The van der Waals surface area contributed by atoms with Gasteiger partial charge in [-0.3, -0.25) is 110 Å². The molecule has 40 nitrogen and oxygen atoms in total. The van der Waals surface area contributed by atoms with Crippen LogP contribution in [0.15, 0.2) is 199 Å². The lowest BCUT2D eigenvalue weighted by atomic mass is 10.1. The van der Waals surface area contributed by atoms with Gasteiger partial charge in [-0.15, -0.1) is 0 Å². The fraction of sp³-hybridized carbons (Fsp3) is 0.220. The number of nitrogens with zero attached hydrogens (tertiary/aromatic N) is 14. The molecule has 0 bridgehead atoms. The number of fused-ring (bicyclic) bond motifs is 7. The van der Waals surface area contributed by atoms with Crippen LogP contribution in [0.5, 0.6) is 0 Å². The first-order valence-corrected chi connectivity index (χ1v) is 45.6. The van der Waals surface area contributed by atoms with Crippen molar-refractivity contribution in [1.82, 2.24) is 81.2 Å². The number of hydrazine groups is 7. The topological polar surface area (TPSA) is 492 Å². The van der Waals surface area contributed by atoms with Crippen molar-refractivity contribution in [2.75, 3.05) is 58.8 Å². The Bertz CT molecular complexity index is 6070. The Balaban J connectivity index is 0.000000182. The fourth-order valence-electron chi connectivity index (χ4n) is 13.9. The summed E-state index contributed by atoms with van der Waals surface area (Å²) in [6.45, 7) is 7.99. The van der Waals surface area contributed by atoms with Crippen LogP contribution in [0.2, 0.25) is 0 Å². The molecule has 0 saturated heterocycles. The largest absolute Gasteiger partial charge is 0.370 e. The molecule has 0 aromatic heterocycles. The minimum absolute atomic E-state index is 0.0358. The number of benzene rings is 8. The van der Waals surface area contributed by atoms with E-state index in [4.69, 9.17) is 86.9 Å². The molecule has 0 saturated carbocycles. The Morgan fingerprint density at radius 2 is 0.647 bits per heavy atom. The fourth-order valence-corrected chi connectivity index (χ4v) is 15.3. The molecule has 1 atom stereocenters. The van der Waals surface area contributed by atoms with Crippen LogP contribution in [-0.4, -0.2) is 262 Å². The zero-order valence-electron chi connectivity index (χ0n) is 74.4. The summed E-state index contributed by atoms with van der Waals surface area (Å²) < 4.78 is 0. The molecule has 0 spiro atoms. The lowest BCUT2D eigenvalue weighted by molar-refractivity contribution is -0.122. The highest BCUT2D eigenvalue weighted by molar-refractivity contribution is 7.98. The van der Waals surface area contributed by atoms with E-state index in [1.54, 1.807) is 140 Å². The molecule has 22 amide bonds. The third-order valence-electron chi connectivity index (χ3n) is 20.9. The normalized spacial score (nSPS) is 13.9. The van der Waals surface area contributed by atoms with Gasteiger partial charge in [0.15, 0.2) is 5.96 Å². The molecular formula is C91H83Cl7N18O22S. The summed E-state index contributed by atoms with van der Waals surface area (Å²) in [5.41, 5.74) is 12.9. The number of unbranched alkanes of at least 4 members (excludes halogenated alkanes) is 2. The SMILES string of the molecule is CCC(C)N(C(=O)Cl)N1C(=O)c2ccccc2C1=O.CCCCCN(C(=O)Cl)N1C(=O)c2ccccc2C1=O.CN=C(N)NCCCN(C(=O)Cl)N1C(=O)c2ccccc2C1=O.CNC(=O)CN(C(=O)Cl)N1C(=O)c2ccccc2C1=O.CSCCN(C(=O)Cl)N1C(=O)c2ccccc2C1=O.Cc1ccc(CN(C(=O)Cl)N2C(=O)c3ccccc3C2=O)cc1.O=C(Cl)NN1C(=O)c2ccccc2C1=O. The van der Waals surface area contributed by atoms with E-state index in [-0.39, 0.29) is 82.7 Å². The smallest absolute Gasteiger partial charge is 0.336 e. The van der Waals surface area contributed by atoms with Crippen molar-refractivity contribution in [2.24, 2.45) is 10.7 Å². The lowest BCUT2D eigenvalue weighted by Gasteiger charge is -2.32. The number of hydrogen-bond acceptors (Lipinski definition) is 24. The Kier molecular flexibility index (Phi) is 38.2. The van der Waals surface area contributed by atoms with Gasteiger partial charge in [0.05, 0.1) is 97.0 Å². The molecule has 7 heterocycles. The third-order valence-corrected chi connectivity index (χ3v) is 22.7. The third kappa shape index (κ3) is 24.8. The number of nitrogens with two attached hydrogens (primary N) is 1. The number of carbonyl (C=O) groups excluding carboxylic acids is 22. The first kappa shape index (κ1) is 108. The number of amides is 22. The number of nitrogens with one attached hydrogen (secondary N) is 3. The molecule has 139 heavy (non-hydrogen) atoms. The van der Waals surface area contributed by atoms with Crippen molar-refractivity contribution in [1.29, 1.82) is 0 Å². The van der Waals surface area contributed by atoms with Crippen molar-refractivity contribution in [3.05, 3.63) is 283 Å². The van der Waals surface area contributed by atoms with Crippen molar-refractivity contribution in [3.8, 4) is 0 Å². The molecule has 7 aliphatic rings. The van der Waals surface area contributed by atoms with E-state index in [2.05, 4.69) is 15.6 Å². The molecule has 7 aliphatic heterocycles. The van der Waals surface area contributed by atoms with Crippen LogP contribution in [0, 0.1) is 6.92 Å². The van der Waals surface area contributed by atoms with Gasteiger partial charge in [-0.2, -0.15) is 46.8 Å². The Hall–Kier alpha value is -14.9. The van der Waals surface area contributed by atoms with Gasteiger partial charge in [-0.05, 0) is 211 Å². The molecule has 5 N–H and O–H groups in total. The number of carbonyl (C=O) groups is 22. The van der Waals surface area contributed by atoms with Crippen LogP contribution < -0.4 is 21.8 Å². The van der Waals surface area contributed by atoms with Crippen molar-refractivity contribution in [2.45, 2.75) is 72.4 Å². The van der Waals surface area contributed by atoms with Gasteiger partial charge in [0.1, 0.15) is 6.54 Å². The first-order valence-electron chi connectivity index (χ1n) is 41.5. The maximum atomic E-state index is 12.4. The van der Waals surface area contributed by atoms with Gasteiger partial charge in [0.25, 0.3) is 82.7 Å². The van der Waals surface area contributed by atoms with Crippen LogP contribution in [0.1, 0.15) is 209 Å². The summed E-state index contributed by atoms with van der Waals surface area (Å²) in [5.74, 6) is -7.58. The lowest BCUT2D eigenvalue weighted by Crippen LogP contribution is -2.51. The van der Waals surface area contributed by atoms with E-state index in [1.807, 2.05) is 56.7 Å². The number of aryl methyl sites for hydroxylation is 1. The predicted octanol–water partition coefficient (Wildman–Crippen LogP) is 13.8. The number of guanidine groups is 1. The van der Waals surface area contributed by atoms with Gasteiger partial charge < -0.3 is 16.4 Å². The molecule has 724 valence electrons. The Labute approximate surface area is 831 Å². The van der Waals surface area contributed by atoms with Gasteiger partial charge in [-0.25, -0.2) is 35.5 Å². The highest BCUT2D eigenvalue weighted by atomic mass is 35.5. The van der Waals surface area contributed by atoms with Crippen LogP contribution in [0.4, 0.5) is 33.6 Å². The molecule has 0 aliphatic carbocycles. The number of thioether (sulfide) groups is 1. The molecule has 8 aromatic rings. The van der Waals surface area contributed by atoms with Crippen LogP contribution in [-0.2, 0) is 11.3 Å². The molecule has 0 radical (unpaired) electrons. The van der Waals surface area contributed by atoms with E-state index in [1.165, 1.54) is 62.3 Å². The quantitative estimate of drug-likeness (QED) is 0.0109.